The van der Waals surface area contributed by atoms with Crippen molar-refractivity contribution in [2.24, 2.45) is 0 Å². The third-order valence-corrected chi connectivity index (χ3v) is 7.06. The van der Waals surface area contributed by atoms with Crippen LogP contribution in [0.1, 0.15) is 11.1 Å². The Kier molecular flexibility index (Phi) is 5.53. The molecule has 1 fully saturated rings. The van der Waals surface area contributed by atoms with E-state index in [2.05, 4.69) is 9.97 Å². The van der Waals surface area contributed by atoms with Gasteiger partial charge in [-0.15, -0.1) is 0 Å². The highest BCUT2D eigenvalue weighted by Crippen LogP contribution is 2.24. The number of hydrogen-bond acceptors (Lipinski definition) is 5. The molecule has 1 saturated heterocycles. The average molecular weight is 427 g/mol. The lowest BCUT2D eigenvalue weighted by Gasteiger charge is -2.34. The first-order valence-electron chi connectivity index (χ1n) is 9.74. The minimum Gasteiger partial charge on any atom is -0.354 e. The Labute approximate surface area is 176 Å². The molecule has 0 spiro atoms. The number of hydrogen-bond donors (Lipinski definition) is 0. The first-order chi connectivity index (χ1) is 14.3. The van der Waals surface area contributed by atoms with Crippen LogP contribution in [0.4, 0.5) is 10.2 Å². The standard InChI is InChI=1S/C22H23FN4O2S/c1-16-11-17(2)13-20(12-16)30(28,29)27-9-7-26(8-10-27)22-14-21(24-15-25-22)18-3-5-19(23)6-4-18/h3-6,11-15H,7-10H2,1-2H3. The van der Waals surface area contributed by atoms with Crippen LogP contribution in [0, 0.1) is 19.7 Å². The summed E-state index contributed by atoms with van der Waals surface area (Å²) in [5, 5.41) is 0. The molecule has 1 aliphatic rings. The predicted octanol–water partition coefficient (Wildman–Crippen LogP) is 3.41. The molecule has 8 heteroatoms. The molecule has 30 heavy (non-hydrogen) atoms. The lowest BCUT2D eigenvalue weighted by atomic mass is 10.1. The van der Waals surface area contributed by atoms with E-state index in [-0.39, 0.29) is 5.82 Å². The summed E-state index contributed by atoms with van der Waals surface area (Å²) in [6.45, 7) is 5.62. The molecule has 0 saturated carbocycles. The first kappa shape index (κ1) is 20.4. The zero-order valence-electron chi connectivity index (χ0n) is 16.9. The number of anilines is 1. The van der Waals surface area contributed by atoms with E-state index >= 15 is 0 Å². The quantitative estimate of drug-likeness (QED) is 0.640. The van der Waals surface area contributed by atoms with Gasteiger partial charge in [0.1, 0.15) is 18.0 Å². The van der Waals surface area contributed by atoms with Crippen LogP contribution in [0.25, 0.3) is 11.3 Å². The van der Waals surface area contributed by atoms with Gasteiger partial charge < -0.3 is 4.90 Å². The summed E-state index contributed by atoms with van der Waals surface area (Å²) >= 11 is 0. The Hall–Kier alpha value is -2.84. The number of piperazine rings is 1. The molecule has 0 radical (unpaired) electrons. The summed E-state index contributed by atoms with van der Waals surface area (Å²) in [5.74, 6) is 0.432. The zero-order valence-corrected chi connectivity index (χ0v) is 17.7. The van der Waals surface area contributed by atoms with Gasteiger partial charge in [0.25, 0.3) is 0 Å². The van der Waals surface area contributed by atoms with E-state index in [4.69, 9.17) is 0 Å². The summed E-state index contributed by atoms with van der Waals surface area (Å²) in [4.78, 5) is 11.0. The molecule has 2 aromatic carbocycles. The third-order valence-electron chi connectivity index (χ3n) is 5.19. The number of aryl methyl sites for hydroxylation is 2. The molecule has 4 rings (SSSR count). The number of aromatic nitrogens is 2. The second-order valence-corrected chi connectivity index (χ2v) is 9.42. The molecule has 1 aliphatic heterocycles. The Morgan fingerprint density at radius 1 is 0.867 bits per heavy atom. The number of rotatable bonds is 4. The highest BCUT2D eigenvalue weighted by molar-refractivity contribution is 7.89. The van der Waals surface area contributed by atoms with Crippen molar-refractivity contribution in [2.75, 3.05) is 31.1 Å². The molecule has 0 bridgehead atoms. The highest BCUT2D eigenvalue weighted by Gasteiger charge is 2.29. The van der Waals surface area contributed by atoms with Gasteiger partial charge in [0.2, 0.25) is 10.0 Å². The van der Waals surface area contributed by atoms with Crippen LogP contribution in [0.5, 0.6) is 0 Å². The maximum Gasteiger partial charge on any atom is 0.243 e. The lowest BCUT2D eigenvalue weighted by Crippen LogP contribution is -2.49. The van der Waals surface area contributed by atoms with Crippen molar-refractivity contribution in [2.45, 2.75) is 18.7 Å². The van der Waals surface area contributed by atoms with Gasteiger partial charge in [-0.05, 0) is 61.4 Å². The summed E-state index contributed by atoms with van der Waals surface area (Å²) in [6, 6.07) is 13.4. The Morgan fingerprint density at radius 2 is 1.50 bits per heavy atom. The predicted molar refractivity (Wildman–Crippen MR) is 114 cm³/mol. The molecule has 0 atom stereocenters. The summed E-state index contributed by atoms with van der Waals surface area (Å²) < 4.78 is 40.8. The van der Waals surface area contributed by atoms with Gasteiger partial charge in [0.05, 0.1) is 10.6 Å². The Balaban J connectivity index is 1.49. The van der Waals surface area contributed by atoms with Gasteiger partial charge in [-0.3, -0.25) is 0 Å². The molecule has 0 unspecified atom stereocenters. The van der Waals surface area contributed by atoms with Crippen molar-refractivity contribution < 1.29 is 12.8 Å². The van der Waals surface area contributed by atoms with Gasteiger partial charge in [-0.1, -0.05) is 6.07 Å². The van der Waals surface area contributed by atoms with Crippen molar-refractivity contribution in [3.63, 3.8) is 0 Å². The van der Waals surface area contributed by atoms with E-state index < -0.39 is 10.0 Å². The molecule has 3 aromatic rings. The number of halogens is 1. The second kappa shape index (κ2) is 8.12. The van der Waals surface area contributed by atoms with Gasteiger partial charge >= 0.3 is 0 Å². The molecule has 6 nitrogen and oxygen atoms in total. The molecule has 0 N–H and O–H groups in total. The van der Waals surface area contributed by atoms with Gasteiger partial charge in [-0.2, -0.15) is 4.31 Å². The van der Waals surface area contributed by atoms with Gasteiger partial charge in [0.15, 0.2) is 0 Å². The fraction of sp³-hybridized carbons (Fsp3) is 0.273. The average Bonchev–Trinajstić information content (AvgIpc) is 2.74. The van der Waals surface area contributed by atoms with E-state index in [1.807, 2.05) is 30.9 Å². The maximum absolute atomic E-state index is 13.2. The Bertz CT molecular complexity index is 1140. The van der Waals surface area contributed by atoms with Crippen molar-refractivity contribution >= 4 is 15.8 Å². The monoisotopic (exact) mass is 426 g/mol. The number of benzene rings is 2. The smallest absolute Gasteiger partial charge is 0.243 e. The molecule has 1 aromatic heterocycles. The van der Waals surface area contributed by atoms with Crippen molar-refractivity contribution in [3.05, 3.63) is 71.8 Å². The fourth-order valence-corrected chi connectivity index (χ4v) is 5.30. The third kappa shape index (κ3) is 4.20. The van der Waals surface area contributed by atoms with E-state index in [0.29, 0.717) is 36.8 Å². The van der Waals surface area contributed by atoms with Crippen LogP contribution < -0.4 is 4.90 Å². The maximum atomic E-state index is 13.2. The van der Waals surface area contributed by atoms with E-state index in [9.17, 15) is 12.8 Å². The Morgan fingerprint density at radius 3 is 2.13 bits per heavy atom. The molecule has 2 heterocycles. The minimum absolute atomic E-state index is 0.297. The van der Waals surface area contributed by atoms with E-state index in [1.54, 1.807) is 24.3 Å². The first-order valence-corrected chi connectivity index (χ1v) is 11.2. The van der Waals surface area contributed by atoms with Crippen molar-refractivity contribution in [1.82, 2.24) is 14.3 Å². The molecule has 0 amide bonds. The molecular weight excluding hydrogens is 403 g/mol. The lowest BCUT2D eigenvalue weighted by molar-refractivity contribution is 0.383. The molecule has 156 valence electrons. The van der Waals surface area contributed by atoms with Crippen LogP contribution in [-0.2, 0) is 10.0 Å². The topological polar surface area (TPSA) is 66.4 Å². The van der Waals surface area contributed by atoms with Crippen LogP contribution in [0.15, 0.2) is 59.8 Å². The highest BCUT2D eigenvalue weighted by atomic mass is 32.2. The number of nitrogens with zero attached hydrogens (tertiary/aromatic N) is 4. The summed E-state index contributed by atoms with van der Waals surface area (Å²) in [7, 11) is -3.53. The minimum atomic E-state index is -3.53. The SMILES string of the molecule is Cc1cc(C)cc(S(=O)(=O)N2CCN(c3cc(-c4ccc(F)cc4)ncn3)CC2)c1. The van der Waals surface area contributed by atoms with Crippen molar-refractivity contribution in [3.8, 4) is 11.3 Å². The number of sulfonamides is 1. The van der Waals surface area contributed by atoms with Gasteiger partial charge in [-0.25, -0.2) is 22.8 Å². The molecular formula is C22H23FN4O2S. The summed E-state index contributed by atoms with van der Waals surface area (Å²) in [6.07, 6.45) is 1.48. The fourth-order valence-electron chi connectivity index (χ4n) is 3.69. The normalized spacial score (nSPS) is 15.4. The van der Waals surface area contributed by atoms with Crippen molar-refractivity contribution in [1.29, 1.82) is 0 Å². The van der Waals surface area contributed by atoms with Gasteiger partial charge in [0, 0.05) is 37.8 Å². The van der Waals surface area contributed by atoms with E-state index in [1.165, 1.54) is 22.8 Å². The van der Waals surface area contributed by atoms with Crippen LogP contribution >= 0.6 is 0 Å². The zero-order chi connectivity index (χ0) is 21.3. The molecule has 0 aliphatic carbocycles. The van der Waals surface area contributed by atoms with Crippen LogP contribution in [0.3, 0.4) is 0 Å². The summed E-state index contributed by atoms with van der Waals surface area (Å²) in [5.41, 5.74) is 3.37. The van der Waals surface area contributed by atoms with E-state index in [0.717, 1.165) is 22.5 Å². The second-order valence-electron chi connectivity index (χ2n) is 7.48. The largest absolute Gasteiger partial charge is 0.354 e. The van der Waals surface area contributed by atoms with Crippen LogP contribution in [0.2, 0.25) is 0 Å². The van der Waals surface area contributed by atoms with Crippen LogP contribution in [-0.4, -0.2) is 48.9 Å².